The van der Waals surface area contributed by atoms with E-state index in [0.717, 1.165) is 24.8 Å². The number of piperazine rings is 1. The van der Waals surface area contributed by atoms with Crippen molar-refractivity contribution >= 4 is 5.82 Å². The van der Waals surface area contributed by atoms with Crippen molar-refractivity contribution < 1.29 is 0 Å². The molecule has 22 heavy (non-hydrogen) atoms. The van der Waals surface area contributed by atoms with Crippen LogP contribution in [0.2, 0.25) is 0 Å². The SMILES string of the molecule is Cc1ccc(N2CCN(CC3CN(C(C)(C)C)C3)CC2)nc1. The Morgan fingerprint density at radius 3 is 2.32 bits per heavy atom. The molecule has 0 bridgehead atoms. The molecule has 3 heterocycles. The predicted octanol–water partition coefficient (Wildman–Crippen LogP) is 2.24. The average Bonchev–Trinajstić information content (AvgIpc) is 2.43. The Morgan fingerprint density at radius 1 is 1.09 bits per heavy atom. The second-order valence-corrected chi connectivity index (χ2v) is 7.92. The summed E-state index contributed by atoms with van der Waals surface area (Å²) in [6.07, 6.45) is 1.97. The van der Waals surface area contributed by atoms with Crippen molar-refractivity contribution in [2.24, 2.45) is 5.92 Å². The molecule has 0 radical (unpaired) electrons. The molecule has 4 heteroatoms. The van der Waals surface area contributed by atoms with E-state index in [9.17, 15) is 0 Å². The lowest BCUT2D eigenvalue weighted by Gasteiger charge is -2.49. The third kappa shape index (κ3) is 3.61. The molecule has 0 aliphatic carbocycles. The lowest BCUT2D eigenvalue weighted by molar-refractivity contribution is -0.00251. The van der Waals surface area contributed by atoms with Gasteiger partial charge >= 0.3 is 0 Å². The highest BCUT2D eigenvalue weighted by Gasteiger charge is 2.35. The molecule has 0 unspecified atom stereocenters. The fraction of sp³-hybridized carbons (Fsp3) is 0.722. The van der Waals surface area contributed by atoms with Crippen LogP contribution in [0.5, 0.6) is 0 Å². The first-order valence-electron chi connectivity index (χ1n) is 8.57. The van der Waals surface area contributed by atoms with Gasteiger partial charge < -0.3 is 4.90 Å². The Labute approximate surface area is 135 Å². The number of anilines is 1. The molecule has 2 saturated heterocycles. The summed E-state index contributed by atoms with van der Waals surface area (Å²) in [6, 6.07) is 4.31. The van der Waals surface area contributed by atoms with E-state index < -0.39 is 0 Å². The van der Waals surface area contributed by atoms with Gasteiger partial charge in [0.05, 0.1) is 0 Å². The smallest absolute Gasteiger partial charge is 0.128 e. The maximum atomic E-state index is 4.55. The lowest BCUT2D eigenvalue weighted by Crippen LogP contribution is -2.59. The van der Waals surface area contributed by atoms with Crippen LogP contribution in [0.25, 0.3) is 0 Å². The number of nitrogens with zero attached hydrogens (tertiary/aromatic N) is 4. The van der Waals surface area contributed by atoms with E-state index in [4.69, 9.17) is 0 Å². The number of rotatable bonds is 3. The first-order valence-corrected chi connectivity index (χ1v) is 8.57. The predicted molar refractivity (Wildman–Crippen MR) is 92.4 cm³/mol. The molecule has 122 valence electrons. The lowest BCUT2D eigenvalue weighted by atomic mass is 9.92. The number of hydrogen-bond acceptors (Lipinski definition) is 4. The molecule has 0 N–H and O–H groups in total. The van der Waals surface area contributed by atoms with Gasteiger partial charge in [-0.3, -0.25) is 9.80 Å². The van der Waals surface area contributed by atoms with Gasteiger partial charge in [-0.05, 0) is 45.2 Å². The van der Waals surface area contributed by atoms with Crippen LogP contribution in [0.4, 0.5) is 5.82 Å². The van der Waals surface area contributed by atoms with Crippen LogP contribution < -0.4 is 4.90 Å². The molecule has 0 amide bonds. The summed E-state index contributed by atoms with van der Waals surface area (Å²) >= 11 is 0. The van der Waals surface area contributed by atoms with Gasteiger partial charge in [-0.1, -0.05) is 6.07 Å². The third-order valence-corrected chi connectivity index (χ3v) is 5.01. The van der Waals surface area contributed by atoms with Gasteiger partial charge in [0, 0.05) is 57.5 Å². The Bertz CT molecular complexity index is 477. The molecule has 0 aromatic carbocycles. The van der Waals surface area contributed by atoms with Crippen molar-refractivity contribution in [1.29, 1.82) is 0 Å². The van der Waals surface area contributed by atoms with E-state index in [2.05, 4.69) is 59.5 Å². The maximum absolute atomic E-state index is 4.55. The molecule has 2 fully saturated rings. The monoisotopic (exact) mass is 302 g/mol. The van der Waals surface area contributed by atoms with Crippen molar-refractivity contribution in [2.75, 3.05) is 50.7 Å². The van der Waals surface area contributed by atoms with E-state index in [1.807, 2.05) is 6.20 Å². The number of aromatic nitrogens is 1. The van der Waals surface area contributed by atoms with Crippen LogP contribution in [0.3, 0.4) is 0 Å². The van der Waals surface area contributed by atoms with E-state index in [1.165, 1.54) is 38.3 Å². The minimum atomic E-state index is 0.340. The topological polar surface area (TPSA) is 22.6 Å². The number of pyridine rings is 1. The molecule has 3 rings (SSSR count). The molecule has 4 nitrogen and oxygen atoms in total. The summed E-state index contributed by atoms with van der Waals surface area (Å²) in [6.45, 7) is 17.4. The van der Waals surface area contributed by atoms with Crippen LogP contribution in [0.15, 0.2) is 18.3 Å². The zero-order valence-electron chi connectivity index (χ0n) is 14.5. The molecular weight excluding hydrogens is 272 g/mol. The van der Waals surface area contributed by atoms with E-state index in [-0.39, 0.29) is 0 Å². The van der Waals surface area contributed by atoms with Crippen molar-refractivity contribution in [1.82, 2.24) is 14.8 Å². The molecular formula is C18H30N4. The zero-order chi connectivity index (χ0) is 15.7. The van der Waals surface area contributed by atoms with Crippen LogP contribution >= 0.6 is 0 Å². The summed E-state index contributed by atoms with van der Waals surface area (Å²) in [5.41, 5.74) is 1.57. The highest BCUT2D eigenvalue weighted by molar-refractivity contribution is 5.39. The number of likely N-dealkylation sites (tertiary alicyclic amines) is 1. The molecule has 1 aromatic rings. The summed E-state index contributed by atoms with van der Waals surface area (Å²) in [7, 11) is 0. The summed E-state index contributed by atoms with van der Waals surface area (Å²) in [5, 5.41) is 0. The molecule has 0 atom stereocenters. The Kier molecular flexibility index (Phi) is 4.42. The van der Waals surface area contributed by atoms with E-state index in [1.54, 1.807) is 0 Å². The first-order chi connectivity index (χ1) is 10.4. The maximum Gasteiger partial charge on any atom is 0.128 e. The van der Waals surface area contributed by atoms with Gasteiger partial charge in [0.15, 0.2) is 0 Å². The third-order valence-electron chi connectivity index (χ3n) is 5.01. The molecule has 1 aromatic heterocycles. The van der Waals surface area contributed by atoms with Crippen LogP contribution in [-0.2, 0) is 0 Å². The summed E-state index contributed by atoms with van der Waals surface area (Å²) < 4.78 is 0. The van der Waals surface area contributed by atoms with Gasteiger partial charge in [-0.15, -0.1) is 0 Å². The minimum Gasteiger partial charge on any atom is -0.354 e. The van der Waals surface area contributed by atoms with Crippen LogP contribution in [0.1, 0.15) is 26.3 Å². The van der Waals surface area contributed by atoms with Crippen molar-refractivity contribution in [3.63, 3.8) is 0 Å². The van der Waals surface area contributed by atoms with Gasteiger partial charge in [0.1, 0.15) is 5.82 Å². The molecule has 0 saturated carbocycles. The highest BCUT2D eigenvalue weighted by atomic mass is 15.3. The Balaban J connectivity index is 1.42. The normalized spacial score (nSPS) is 21.9. The quantitative estimate of drug-likeness (QED) is 0.854. The molecule has 2 aliphatic heterocycles. The summed E-state index contributed by atoms with van der Waals surface area (Å²) in [4.78, 5) is 12.2. The molecule has 2 aliphatic rings. The summed E-state index contributed by atoms with van der Waals surface area (Å²) in [5.74, 6) is 2.00. The largest absolute Gasteiger partial charge is 0.354 e. The van der Waals surface area contributed by atoms with Crippen molar-refractivity contribution in [2.45, 2.75) is 33.2 Å². The fourth-order valence-electron chi connectivity index (χ4n) is 3.40. The van der Waals surface area contributed by atoms with Gasteiger partial charge in [-0.25, -0.2) is 4.98 Å². The second-order valence-electron chi connectivity index (χ2n) is 7.92. The number of hydrogen-bond donors (Lipinski definition) is 0. The average molecular weight is 302 g/mol. The minimum absolute atomic E-state index is 0.340. The second kappa shape index (κ2) is 6.17. The van der Waals surface area contributed by atoms with E-state index >= 15 is 0 Å². The van der Waals surface area contributed by atoms with E-state index in [0.29, 0.717) is 5.54 Å². The fourth-order valence-corrected chi connectivity index (χ4v) is 3.40. The Hall–Kier alpha value is -1.13. The van der Waals surface area contributed by atoms with Crippen molar-refractivity contribution in [3.8, 4) is 0 Å². The Morgan fingerprint density at radius 2 is 1.77 bits per heavy atom. The van der Waals surface area contributed by atoms with Gasteiger partial charge in [0.2, 0.25) is 0 Å². The highest BCUT2D eigenvalue weighted by Crippen LogP contribution is 2.26. The van der Waals surface area contributed by atoms with Crippen LogP contribution in [0, 0.1) is 12.8 Å². The molecule has 0 spiro atoms. The van der Waals surface area contributed by atoms with Crippen LogP contribution in [-0.4, -0.2) is 66.1 Å². The standard InChI is InChI=1S/C18H30N4/c1-15-5-6-17(19-11-15)21-9-7-20(8-10-21)12-16-13-22(14-16)18(2,3)4/h5-6,11,16H,7-10,12-14H2,1-4H3. The first kappa shape index (κ1) is 15.8. The van der Waals surface area contributed by atoms with Gasteiger partial charge in [0.25, 0.3) is 0 Å². The van der Waals surface area contributed by atoms with Gasteiger partial charge in [-0.2, -0.15) is 0 Å². The zero-order valence-corrected chi connectivity index (χ0v) is 14.5. The van der Waals surface area contributed by atoms with Crippen molar-refractivity contribution in [3.05, 3.63) is 23.9 Å². The number of aryl methyl sites for hydroxylation is 1.